The number of Topliss-reactive ketones (excluding diaryl/α,β-unsaturated/α-hetero) is 1. The van der Waals surface area contributed by atoms with Gasteiger partial charge in [0.15, 0.2) is 0 Å². The average molecular weight is 498 g/mol. The Balaban J connectivity index is 1.92. The summed E-state index contributed by atoms with van der Waals surface area (Å²) >= 11 is 4.96. The zero-order valence-electron chi connectivity index (χ0n) is 17.0. The number of aliphatic hydroxyl groups excluding tert-OH is 1. The molecular formula is C24H20BrNO4S. The average Bonchev–Trinajstić information content (AvgIpc) is 3.37. The van der Waals surface area contributed by atoms with Gasteiger partial charge in [0.2, 0.25) is 0 Å². The zero-order chi connectivity index (χ0) is 22.1. The maximum atomic E-state index is 13.1. The summed E-state index contributed by atoms with van der Waals surface area (Å²) in [5, 5.41) is 13.1. The molecule has 1 fully saturated rings. The number of methoxy groups -OCH3 is 1. The van der Waals surface area contributed by atoms with Crippen molar-refractivity contribution in [3.05, 3.63) is 91.6 Å². The quantitative estimate of drug-likeness (QED) is 0.289. The Morgan fingerprint density at radius 2 is 1.94 bits per heavy atom. The van der Waals surface area contributed by atoms with E-state index in [2.05, 4.69) is 15.9 Å². The van der Waals surface area contributed by atoms with Gasteiger partial charge in [0.1, 0.15) is 11.5 Å². The maximum Gasteiger partial charge on any atom is 0.295 e. The first-order valence-corrected chi connectivity index (χ1v) is 11.3. The third-order valence-corrected chi connectivity index (χ3v) is 7.06. The van der Waals surface area contributed by atoms with Gasteiger partial charge in [-0.2, -0.15) is 0 Å². The molecule has 1 aromatic heterocycles. The van der Waals surface area contributed by atoms with Gasteiger partial charge in [0.05, 0.1) is 25.3 Å². The van der Waals surface area contributed by atoms with Gasteiger partial charge in [-0.15, -0.1) is 11.3 Å². The number of aliphatic hydroxyl groups is 1. The van der Waals surface area contributed by atoms with E-state index in [1.54, 1.807) is 25.3 Å². The first-order valence-electron chi connectivity index (χ1n) is 9.62. The Bertz CT molecular complexity index is 1190. The number of aryl methyl sites for hydroxylation is 1. The minimum absolute atomic E-state index is 0.0628. The fourth-order valence-corrected chi connectivity index (χ4v) is 4.73. The van der Waals surface area contributed by atoms with Crippen molar-refractivity contribution in [1.82, 2.24) is 4.90 Å². The molecule has 158 valence electrons. The number of likely N-dealkylation sites (tertiary alicyclic amines) is 1. The Kier molecular flexibility index (Phi) is 5.98. The fraction of sp³-hybridized carbons (Fsp3) is 0.167. The minimum Gasteiger partial charge on any atom is -0.507 e. The summed E-state index contributed by atoms with van der Waals surface area (Å²) in [6.45, 7) is 2.16. The topological polar surface area (TPSA) is 66.8 Å². The largest absolute Gasteiger partial charge is 0.507 e. The number of ketones is 1. The van der Waals surface area contributed by atoms with Gasteiger partial charge in [0.25, 0.3) is 11.7 Å². The second kappa shape index (κ2) is 8.69. The normalized spacial score (nSPS) is 17.9. The zero-order valence-corrected chi connectivity index (χ0v) is 19.4. The minimum atomic E-state index is -0.762. The van der Waals surface area contributed by atoms with Crippen molar-refractivity contribution in [2.75, 3.05) is 7.11 Å². The summed E-state index contributed by atoms with van der Waals surface area (Å²) in [6, 6.07) is 15.6. The fourth-order valence-electron chi connectivity index (χ4n) is 3.78. The van der Waals surface area contributed by atoms with Gasteiger partial charge in [-0.05, 0) is 42.1 Å². The standard InChI is InChI=1S/C24H20BrNO4S/c1-14-12-15(9-10-18(14)25)22(27)20-21(17-7-3-4-8-19(17)30-2)26(24(29)23(20)28)13-16-6-5-11-31-16/h3-12,21,27H,13H2,1-2H3/b22-20+. The number of benzene rings is 2. The first-order chi connectivity index (χ1) is 14.9. The van der Waals surface area contributed by atoms with Gasteiger partial charge in [0, 0.05) is 20.5 Å². The van der Waals surface area contributed by atoms with Gasteiger partial charge < -0.3 is 14.7 Å². The van der Waals surface area contributed by atoms with Crippen molar-refractivity contribution in [2.45, 2.75) is 19.5 Å². The van der Waals surface area contributed by atoms with Crippen molar-refractivity contribution in [3.8, 4) is 5.75 Å². The molecule has 1 aliphatic rings. The summed E-state index contributed by atoms with van der Waals surface area (Å²) in [6.07, 6.45) is 0. The van der Waals surface area contributed by atoms with E-state index in [0.717, 1.165) is 14.9 Å². The van der Waals surface area contributed by atoms with Crippen LogP contribution in [0.1, 0.15) is 27.6 Å². The van der Waals surface area contributed by atoms with Crippen LogP contribution in [-0.4, -0.2) is 28.8 Å². The smallest absolute Gasteiger partial charge is 0.295 e. The number of rotatable bonds is 5. The van der Waals surface area contributed by atoms with Crippen LogP contribution < -0.4 is 4.74 Å². The molecule has 3 aromatic rings. The number of carbonyl (C=O) groups excluding carboxylic acids is 2. The van der Waals surface area contributed by atoms with Crippen molar-refractivity contribution in [1.29, 1.82) is 0 Å². The van der Waals surface area contributed by atoms with Crippen LogP contribution in [-0.2, 0) is 16.1 Å². The number of amides is 1. The molecule has 1 unspecified atom stereocenters. The molecule has 0 aliphatic carbocycles. The second-order valence-electron chi connectivity index (χ2n) is 7.21. The predicted molar refractivity (Wildman–Crippen MR) is 124 cm³/mol. The van der Waals surface area contributed by atoms with E-state index in [1.165, 1.54) is 16.2 Å². The highest BCUT2D eigenvalue weighted by molar-refractivity contribution is 9.10. The molecule has 7 heteroatoms. The summed E-state index contributed by atoms with van der Waals surface area (Å²) in [4.78, 5) is 28.7. The van der Waals surface area contributed by atoms with Crippen molar-refractivity contribution in [2.24, 2.45) is 0 Å². The number of carbonyl (C=O) groups is 2. The van der Waals surface area contributed by atoms with Crippen LogP contribution in [0.3, 0.4) is 0 Å². The highest BCUT2D eigenvalue weighted by atomic mass is 79.9. The number of halogens is 1. The molecule has 31 heavy (non-hydrogen) atoms. The highest BCUT2D eigenvalue weighted by Crippen LogP contribution is 2.43. The third kappa shape index (κ3) is 3.91. The van der Waals surface area contributed by atoms with Gasteiger partial charge in [-0.3, -0.25) is 9.59 Å². The van der Waals surface area contributed by atoms with Crippen molar-refractivity contribution in [3.63, 3.8) is 0 Å². The van der Waals surface area contributed by atoms with E-state index in [9.17, 15) is 14.7 Å². The van der Waals surface area contributed by atoms with Crippen LogP contribution in [0.4, 0.5) is 0 Å². The number of hydrogen-bond donors (Lipinski definition) is 1. The van der Waals surface area contributed by atoms with Crippen LogP contribution in [0.2, 0.25) is 0 Å². The summed E-state index contributed by atoms with van der Waals surface area (Å²) < 4.78 is 6.42. The number of thiophene rings is 1. The molecule has 0 spiro atoms. The van der Waals surface area contributed by atoms with Crippen molar-refractivity contribution >= 4 is 44.7 Å². The molecule has 1 saturated heterocycles. The van der Waals surface area contributed by atoms with E-state index in [1.807, 2.05) is 48.7 Å². The molecule has 2 heterocycles. The second-order valence-corrected chi connectivity index (χ2v) is 9.10. The monoisotopic (exact) mass is 497 g/mol. The Morgan fingerprint density at radius 3 is 2.61 bits per heavy atom. The van der Waals surface area contributed by atoms with Crippen LogP contribution in [0.25, 0.3) is 5.76 Å². The predicted octanol–water partition coefficient (Wildman–Crippen LogP) is 5.45. The number of ether oxygens (including phenoxy) is 1. The van der Waals surface area contributed by atoms with E-state index in [0.29, 0.717) is 16.9 Å². The van der Waals surface area contributed by atoms with E-state index >= 15 is 0 Å². The lowest BCUT2D eigenvalue weighted by molar-refractivity contribution is -0.140. The molecule has 1 atom stereocenters. The highest BCUT2D eigenvalue weighted by Gasteiger charge is 2.47. The lowest BCUT2D eigenvalue weighted by Gasteiger charge is -2.26. The van der Waals surface area contributed by atoms with Crippen LogP contribution >= 0.6 is 27.3 Å². The van der Waals surface area contributed by atoms with E-state index in [4.69, 9.17) is 4.74 Å². The molecule has 1 amide bonds. The first kappa shape index (κ1) is 21.3. The van der Waals surface area contributed by atoms with E-state index < -0.39 is 17.7 Å². The number of nitrogens with zero attached hydrogens (tertiary/aromatic N) is 1. The van der Waals surface area contributed by atoms with Crippen LogP contribution in [0.5, 0.6) is 5.75 Å². The molecule has 5 nitrogen and oxygen atoms in total. The molecule has 1 N–H and O–H groups in total. The van der Waals surface area contributed by atoms with Gasteiger partial charge >= 0.3 is 0 Å². The Labute approximate surface area is 192 Å². The molecule has 1 aliphatic heterocycles. The van der Waals surface area contributed by atoms with Gasteiger partial charge in [-0.25, -0.2) is 0 Å². The molecule has 2 aromatic carbocycles. The molecule has 0 saturated carbocycles. The van der Waals surface area contributed by atoms with Crippen LogP contribution in [0, 0.1) is 6.92 Å². The van der Waals surface area contributed by atoms with Crippen LogP contribution in [0.15, 0.2) is 70.0 Å². The van der Waals surface area contributed by atoms with Gasteiger partial charge in [-0.1, -0.05) is 46.3 Å². The SMILES string of the molecule is COc1ccccc1C1/C(=C(\O)c2ccc(Br)c(C)c2)C(=O)C(=O)N1Cc1cccs1. The maximum absolute atomic E-state index is 13.1. The molecule has 4 rings (SSSR count). The number of hydrogen-bond acceptors (Lipinski definition) is 5. The summed E-state index contributed by atoms with van der Waals surface area (Å²) in [7, 11) is 1.54. The van der Waals surface area contributed by atoms with E-state index in [-0.39, 0.29) is 17.9 Å². The Morgan fingerprint density at radius 1 is 1.16 bits per heavy atom. The van der Waals surface area contributed by atoms with Crippen molar-refractivity contribution < 1.29 is 19.4 Å². The molecule has 0 radical (unpaired) electrons. The lowest BCUT2D eigenvalue weighted by Crippen LogP contribution is -2.29. The molecular weight excluding hydrogens is 478 g/mol. The third-order valence-electron chi connectivity index (χ3n) is 5.31. The lowest BCUT2D eigenvalue weighted by atomic mass is 9.94. The Hall–Kier alpha value is -2.90. The number of para-hydroxylation sites is 1. The molecule has 0 bridgehead atoms. The summed E-state index contributed by atoms with van der Waals surface area (Å²) in [5.41, 5.74) is 2.10. The summed E-state index contributed by atoms with van der Waals surface area (Å²) in [5.74, 6) is -0.993.